The summed E-state index contributed by atoms with van der Waals surface area (Å²) in [6.07, 6.45) is 2.57. The molecule has 0 aliphatic carbocycles. The van der Waals surface area contributed by atoms with Gasteiger partial charge in [0.15, 0.2) is 0 Å². The lowest BCUT2D eigenvalue weighted by atomic mass is 10.3. The molecule has 1 aromatic heterocycles. The molecule has 1 fully saturated rings. The van der Waals surface area contributed by atoms with Gasteiger partial charge in [0.25, 0.3) is 5.56 Å². The van der Waals surface area contributed by atoms with Gasteiger partial charge in [-0.25, -0.2) is 4.79 Å². The molecule has 0 radical (unpaired) electrons. The van der Waals surface area contributed by atoms with Gasteiger partial charge in [0.05, 0.1) is 0 Å². The van der Waals surface area contributed by atoms with E-state index in [1.165, 1.54) is 43.6 Å². The average molecular weight is 280 g/mol. The Morgan fingerprint density at radius 1 is 1.20 bits per heavy atom. The molecule has 0 bridgehead atoms. The Hall–Kier alpha value is -1.40. The van der Waals surface area contributed by atoms with Gasteiger partial charge in [-0.05, 0) is 32.9 Å². The summed E-state index contributed by atoms with van der Waals surface area (Å²) in [5, 5.41) is 3.34. The monoisotopic (exact) mass is 280 g/mol. The molecule has 1 atom stereocenters. The summed E-state index contributed by atoms with van der Waals surface area (Å²) in [5.74, 6) is 0. The Balaban J connectivity index is 1.94. The van der Waals surface area contributed by atoms with E-state index in [9.17, 15) is 9.59 Å². The van der Waals surface area contributed by atoms with Crippen LogP contribution in [0.5, 0.6) is 0 Å². The molecule has 6 heteroatoms. The lowest BCUT2D eigenvalue weighted by molar-refractivity contribution is 0.251. The molecule has 0 amide bonds. The number of aromatic nitrogens is 2. The number of nitrogens with zero attached hydrogens (tertiary/aromatic N) is 3. The van der Waals surface area contributed by atoms with E-state index in [-0.39, 0.29) is 11.2 Å². The molecule has 20 heavy (non-hydrogen) atoms. The molecular formula is C14H24N4O2. The van der Waals surface area contributed by atoms with Gasteiger partial charge in [0.1, 0.15) is 0 Å². The first-order chi connectivity index (χ1) is 9.50. The van der Waals surface area contributed by atoms with Crippen LogP contribution < -0.4 is 16.6 Å². The van der Waals surface area contributed by atoms with Gasteiger partial charge in [-0.2, -0.15) is 0 Å². The fraction of sp³-hybridized carbons (Fsp3) is 0.714. The number of nitrogens with one attached hydrogen (secondary N) is 1. The molecule has 2 rings (SSSR count). The minimum atomic E-state index is -0.276. The molecule has 2 heterocycles. The number of hydrogen-bond donors (Lipinski definition) is 1. The highest BCUT2D eigenvalue weighted by Crippen LogP contribution is 2.10. The number of hydrogen-bond acceptors (Lipinski definition) is 4. The van der Waals surface area contributed by atoms with Gasteiger partial charge in [-0.15, -0.1) is 0 Å². The summed E-state index contributed by atoms with van der Waals surface area (Å²) in [6, 6.07) is 2.01. The van der Waals surface area contributed by atoms with E-state index in [0.29, 0.717) is 12.6 Å². The van der Waals surface area contributed by atoms with Gasteiger partial charge in [-0.1, -0.05) is 0 Å². The highest BCUT2D eigenvalue weighted by Gasteiger charge is 2.17. The van der Waals surface area contributed by atoms with Crippen molar-refractivity contribution in [3.8, 4) is 0 Å². The van der Waals surface area contributed by atoms with Crippen LogP contribution in [0.3, 0.4) is 0 Å². The normalized spacial score (nSPS) is 17.6. The van der Waals surface area contributed by atoms with E-state index >= 15 is 0 Å². The second-order valence-electron chi connectivity index (χ2n) is 5.60. The summed E-state index contributed by atoms with van der Waals surface area (Å²) >= 11 is 0. The lowest BCUT2D eigenvalue weighted by Gasteiger charge is -2.24. The lowest BCUT2D eigenvalue weighted by Crippen LogP contribution is -2.41. The van der Waals surface area contributed by atoms with E-state index in [0.717, 1.165) is 16.8 Å². The van der Waals surface area contributed by atoms with Gasteiger partial charge in [-0.3, -0.25) is 18.8 Å². The highest BCUT2D eigenvalue weighted by atomic mass is 16.2. The Kier molecular flexibility index (Phi) is 4.77. The van der Waals surface area contributed by atoms with E-state index < -0.39 is 0 Å². The maximum atomic E-state index is 11.8. The van der Waals surface area contributed by atoms with Crippen LogP contribution >= 0.6 is 0 Å². The first-order valence-corrected chi connectivity index (χ1v) is 7.21. The zero-order chi connectivity index (χ0) is 14.7. The van der Waals surface area contributed by atoms with Crippen LogP contribution in [0.1, 0.15) is 25.5 Å². The zero-order valence-electron chi connectivity index (χ0n) is 12.6. The predicted octanol–water partition coefficient (Wildman–Crippen LogP) is -0.342. The third-order valence-corrected chi connectivity index (χ3v) is 4.14. The molecule has 112 valence electrons. The van der Waals surface area contributed by atoms with Crippen molar-refractivity contribution in [3.63, 3.8) is 0 Å². The van der Waals surface area contributed by atoms with Crippen molar-refractivity contribution >= 4 is 0 Å². The van der Waals surface area contributed by atoms with Crippen molar-refractivity contribution in [1.82, 2.24) is 19.4 Å². The Labute approximate surface area is 119 Å². The van der Waals surface area contributed by atoms with Crippen LogP contribution in [0, 0.1) is 0 Å². The summed E-state index contributed by atoms with van der Waals surface area (Å²) in [7, 11) is 3.19. The van der Waals surface area contributed by atoms with Gasteiger partial charge in [0, 0.05) is 45.0 Å². The van der Waals surface area contributed by atoms with Crippen LogP contribution in [0.2, 0.25) is 0 Å². The van der Waals surface area contributed by atoms with E-state index in [2.05, 4.69) is 17.1 Å². The van der Waals surface area contributed by atoms with E-state index in [4.69, 9.17) is 0 Å². The molecule has 1 unspecified atom stereocenters. The summed E-state index contributed by atoms with van der Waals surface area (Å²) in [5.41, 5.74) is 0.200. The number of rotatable bonds is 5. The van der Waals surface area contributed by atoms with Crippen LogP contribution in [0.25, 0.3) is 0 Å². The quantitative estimate of drug-likeness (QED) is 0.801. The number of likely N-dealkylation sites (tertiary alicyclic amines) is 1. The maximum absolute atomic E-state index is 11.8. The Bertz CT molecular complexity index is 570. The molecule has 1 aliphatic heterocycles. The minimum Gasteiger partial charge on any atom is -0.310 e. The maximum Gasteiger partial charge on any atom is 0.330 e. The average Bonchev–Trinajstić information content (AvgIpc) is 2.96. The second kappa shape index (κ2) is 6.37. The topological polar surface area (TPSA) is 59.3 Å². The first-order valence-electron chi connectivity index (χ1n) is 7.21. The molecule has 6 nitrogen and oxygen atoms in total. The third-order valence-electron chi connectivity index (χ3n) is 4.14. The van der Waals surface area contributed by atoms with Gasteiger partial charge >= 0.3 is 5.69 Å². The molecule has 1 N–H and O–H groups in total. The fourth-order valence-corrected chi connectivity index (χ4v) is 2.67. The molecule has 1 aliphatic rings. The van der Waals surface area contributed by atoms with Crippen molar-refractivity contribution in [2.75, 3.05) is 19.6 Å². The van der Waals surface area contributed by atoms with Crippen molar-refractivity contribution in [3.05, 3.63) is 32.6 Å². The molecule has 1 saturated heterocycles. The van der Waals surface area contributed by atoms with Gasteiger partial charge < -0.3 is 5.32 Å². The van der Waals surface area contributed by atoms with Crippen LogP contribution in [0.15, 0.2) is 15.7 Å². The molecule has 0 spiro atoms. The Morgan fingerprint density at radius 2 is 1.85 bits per heavy atom. The molecule has 1 aromatic rings. The molecule has 0 saturated carbocycles. The van der Waals surface area contributed by atoms with Crippen molar-refractivity contribution in [2.45, 2.75) is 32.4 Å². The zero-order valence-corrected chi connectivity index (χ0v) is 12.6. The van der Waals surface area contributed by atoms with Crippen molar-refractivity contribution in [2.24, 2.45) is 14.1 Å². The summed E-state index contributed by atoms with van der Waals surface area (Å²) in [4.78, 5) is 25.9. The molecule has 0 aromatic carbocycles. The smallest absolute Gasteiger partial charge is 0.310 e. The van der Waals surface area contributed by atoms with Gasteiger partial charge in [0.2, 0.25) is 0 Å². The summed E-state index contributed by atoms with van der Waals surface area (Å²) < 4.78 is 2.64. The highest BCUT2D eigenvalue weighted by molar-refractivity contribution is 5.01. The first kappa shape index (κ1) is 15.0. The molecular weight excluding hydrogens is 256 g/mol. The predicted molar refractivity (Wildman–Crippen MR) is 78.9 cm³/mol. The Morgan fingerprint density at radius 3 is 2.50 bits per heavy atom. The largest absolute Gasteiger partial charge is 0.330 e. The fourth-order valence-electron chi connectivity index (χ4n) is 2.67. The van der Waals surface area contributed by atoms with Crippen LogP contribution in [-0.2, 0) is 20.6 Å². The van der Waals surface area contributed by atoms with Crippen molar-refractivity contribution < 1.29 is 0 Å². The van der Waals surface area contributed by atoms with Crippen LogP contribution in [-0.4, -0.2) is 39.7 Å². The van der Waals surface area contributed by atoms with Crippen LogP contribution in [0.4, 0.5) is 0 Å². The van der Waals surface area contributed by atoms with E-state index in [1.807, 2.05) is 0 Å². The van der Waals surface area contributed by atoms with E-state index in [1.54, 1.807) is 7.05 Å². The second-order valence-corrected chi connectivity index (χ2v) is 5.60. The standard InChI is InChI=1S/C14H24N4O2/c1-11(18-6-4-5-7-18)9-15-10-12-8-13(19)17(3)14(20)16(12)2/h8,11,15H,4-7,9-10H2,1-3H3. The minimum absolute atomic E-state index is 0.252. The summed E-state index contributed by atoms with van der Waals surface area (Å²) in [6.45, 7) is 5.96. The SMILES string of the molecule is CC(CNCc1cc(=O)n(C)c(=O)n1C)N1CCCC1. The van der Waals surface area contributed by atoms with Crippen molar-refractivity contribution in [1.29, 1.82) is 0 Å². The third kappa shape index (κ3) is 3.19.